The van der Waals surface area contributed by atoms with Crippen LogP contribution in [0, 0.1) is 0 Å². The van der Waals surface area contributed by atoms with Gasteiger partial charge in [-0.05, 0) is 36.8 Å². The fraction of sp³-hybridized carbons (Fsp3) is 0.185. The third kappa shape index (κ3) is 4.18. The van der Waals surface area contributed by atoms with E-state index in [1.807, 2.05) is 6.92 Å². The number of aromatic amines is 1. The van der Waals surface area contributed by atoms with Gasteiger partial charge < -0.3 is 24.3 Å². The van der Waals surface area contributed by atoms with E-state index in [9.17, 15) is 14.7 Å². The summed E-state index contributed by atoms with van der Waals surface area (Å²) in [6.07, 6.45) is 3.08. The van der Waals surface area contributed by atoms with Crippen molar-refractivity contribution in [3.63, 3.8) is 0 Å². The average Bonchev–Trinajstić information content (AvgIpc) is 3.46. The lowest BCUT2D eigenvalue weighted by atomic mass is 9.96. The Bertz CT molecular complexity index is 1540. The van der Waals surface area contributed by atoms with Gasteiger partial charge in [-0.1, -0.05) is 17.7 Å². The minimum absolute atomic E-state index is 0.0967. The number of H-pyrrole nitrogens is 1. The van der Waals surface area contributed by atoms with Gasteiger partial charge >= 0.3 is 5.91 Å². The molecule has 2 aromatic heterocycles. The van der Waals surface area contributed by atoms with Crippen LogP contribution in [0.25, 0.3) is 16.8 Å². The van der Waals surface area contributed by atoms with Crippen LogP contribution >= 0.6 is 11.6 Å². The van der Waals surface area contributed by atoms with Gasteiger partial charge in [0.05, 0.1) is 48.5 Å². The van der Waals surface area contributed by atoms with Gasteiger partial charge in [-0.2, -0.15) is 0 Å². The molecule has 0 spiro atoms. The van der Waals surface area contributed by atoms with E-state index in [4.69, 9.17) is 25.8 Å². The number of pyridine rings is 1. The maximum absolute atomic E-state index is 13.5. The molecule has 38 heavy (non-hydrogen) atoms. The predicted octanol–water partition coefficient (Wildman–Crippen LogP) is 4.65. The zero-order chi connectivity index (χ0) is 27.0. The van der Waals surface area contributed by atoms with Crippen LogP contribution in [-0.4, -0.2) is 52.6 Å². The van der Waals surface area contributed by atoms with Crippen LogP contribution in [0.15, 0.2) is 60.4 Å². The molecule has 10 nitrogen and oxygen atoms in total. The number of aromatic nitrogens is 3. The quantitative estimate of drug-likeness (QED) is 0.199. The van der Waals surface area contributed by atoms with Gasteiger partial charge in [-0.25, -0.2) is 4.98 Å². The number of hydrogen-bond donors (Lipinski definition) is 2. The van der Waals surface area contributed by atoms with Crippen molar-refractivity contribution in [1.29, 1.82) is 0 Å². The molecule has 4 aromatic rings. The molecule has 1 aliphatic rings. The second kappa shape index (κ2) is 10.1. The van der Waals surface area contributed by atoms with E-state index in [2.05, 4.69) is 15.0 Å². The first kappa shape index (κ1) is 25.1. The molecule has 11 heteroatoms. The van der Waals surface area contributed by atoms with Crippen LogP contribution in [0.4, 0.5) is 5.95 Å². The highest BCUT2D eigenvalue weighted by Gasteiger charge is 2.48. The third-order valence-corrected chi connectivity index (χ3v) is 6.48. The highest BCUT2D eigenvalue weighted by atomic mass is 35.5. The van der Waals surface area contributed by atoms with Crippen molar-refractivity contribution < 1.29 is 28.9 Å². The summed E-state index contributed by atoms with van der Waals surface area (Å²) in [4.78, 5) is 39.9. The molecule has 1 atom stereocenters. The van der Waals surface area contributed by atoms with Crippen molar-refractivity contribution in [2.75, 3.05) is 25.7 Å². The molecule has 2 N–H and O–H groups in total. The zero-order valence-corrected chi connectivity index (χ0v) is 21.4. The van der Waals surface area contributed by atoms with Crippen molar-refractivity contribution in [2.45, 2.75) is 13.0 Å². The number of nitrogens with zero attached hydrogens (tertiary/aromatic N) is 3. The predicted molar refractivity (Wildman–Crippen MR) is 141 cm³/mol. The van der Waals surface area contributed by atoms with Crippen molar-refractivity contribution in [3.05, 3.63) is 76.6 Å². The number of hydrogen-bond acceptors (Lipinski definition) is 8. The first-order valence-electron chi connectivity index (χ1n) is 11.6. The second-order valence-electron chi connectivity index (χ2n) is 8.31. The molecule has 3 heterocycles. The Kier molecular flexibility index (Phi) is 6.64. The monoisotopic (exact) mass is 534 g/mol. The average molecular weight is 535 g/mol. The minimum Gasteiger partial charge on any atom is -0.507 e. The van der Waals surface area contributed by atoms with Crippen LogP contribution in [0.2, 0.25) is 5.02 Å². The summed E-state index contributed by atoms with van der Waals surface area (Å²) in [7, 11) is 3.01. The number of benzene rings is 2. The number of carbonyl (C=O) groups is 2. The fourth-order valence-electron chi connectivity index (χ4n) is 4.43. The number of aliphatic hydroxyl groups excluding tert-OH is 1. The summed E-state index contributed by atoms with van der Waals surface area (Å²) in [6.45, 7) is 2.21. The van der Waals surface area contributed by atoms with Gasteiger partial charge in [-0.15, -0.1) is 0 Å². The number of halogens is 1. The molecule has 0 aliphatic carbocycles. The highest BCUT2D eigenvalue weighted by Crippen LogP contribution is 2.43. The van der Waals surface area contributed by atoms with Crippen LogP contribution in [0.5, 0.6) is 17.2 Å². The summed E-state index contributed by atoms with van der Waals surface area (Å²) in [5.41, 5.74) is 1.52. The number of methoxy groups -OCH3 is 2. The van der Waals surface area contributed by atoms with Crippen LogP contribution in [0.3, 0.4) is 0 Å². The van der Waals surface area contributed by atoms with Gasteiger partial charge in [0.25, 0.3) is 5.78 Å². The molecule has 1 saturated heterocycles. The Labute approximate surface area is 222 Å². The van der Waals surface area contributed by atoms with E-state index >= 15 is 0 Å². The molecule has 1 unspecified atom stereocenters. The van der Waals surface area contributed by atoms with E-state index < -0.39 is 23.5 Å². The third-order valence-electron chi connectivity index (χ3n) is 6.15. The molecule has 0 radical (unpaired) electrons. The lowest BCUT2D eigenvalue weighted by Gasteiger charge is -2.22. The zero-order valence-electron chi connectivity index (χ0n) is 20.7. The van der Waals surface area contributed by atoms with E-state index in [-0.39, 0.29) is 22.1 Å². The standard InChI is InChI=1S/C27H23ClN4O6/c1-4-38-15-7-8-17(28)16(10-15)24(33)22-23(14-6-5-9-29-13-14)32(26(35)25(22)34)27-30-18-11-20(36-2)21(37-3)12-19(18)31-27/h5-13,23,33H,4H2,1-3H3,(H,30,31)/b24-22+. The number of rotatable bonds is 7. The second-order valence-corrected chi connectivity index (χ2v) is 8.72. The number of ether oxygens (including phenoxy) is 3. The molecule has 0 saturated carbocycles. The molecule has 2 aromatic carbocycles. The van der Waals surface area contributed by atoms with Crippen LogP contribution in [-0.2, 0) is 9.59 Å². The SMILES string of the molecule is CCOc1ccc(Cl)c(/C(O)=C2\C(=O)C(=O)N(c3nc4cc(OC)c(OC)cc4[nH]3)C2c2cccnc2)c1. The Balaban J connectivity index is 1.71. The van der Waals surface area contributed by atoms with E-state index in [1.54, 1.807) is 42.6 Å². The molecule has 1 fully saturated rings. The van der Waals surface area contributed by atoms with Crippen LogP contribution < -0.4 is 19.1 Å². The number of anilines is 1. The van der Waals surface area contributed by atoms with Gasteiger partial charge in [-0.3, -0.25) is 19.5 Å². The number of nitrogens with one attached hydrogen (secondary N) is 1. The van der Waals surface area contributed by atoms with Gasteiger partial charge in [0.15, 0.2) is 11.5 Å². The number of aliphatic hydroxyl groups is 1. The minimum atomic E-state index is -1.04. The maximum atomic E-state index is 13.5. The number of carbonyl (C=O) groups excluding carboxylic acids is 2. The van der Waals surface area contributed by atoms with E-state index in [1.165, 1.54) is 31.4 Å². The molecule has 0 bridgehead atoms. The van der Waals surface area contributed by atoms with Crippen molar-refractivity contribution in [2.24, 2.45) is 0 Å². The number of imidazole rings is 1. The molecular weight excluding hydrogens is 512 g/mol. The molecule has 1 aliphatic heterocycles. The lowest BCUT2D eigenvalue weighted by molar-refractivity contribution is -0.132. The van der Waals surface area contributed by atoms with Crippen molar-refractivity contribution >= 4 is 46.0 Å². The Hall–Kier alpha value is -4.57. The fourth-order valence-corrected chi connectivity index (χ4v) is 4.64. The number of Topliss-reactive ketones (excluding diaryl/α,β-unsaturated/α-hetero) is 1. The van der Waals surface area contributed by atoms with E-state index in [0.717, 1.165) is 0 Å². The topological polar surface area (TPSA) is 127 Å². The summed E-state index contributed by atoms with van der Waals surface area (Å²) < 4.78 is 16.3. The Morgan fingerprint density at radius 1 is 1.13 bits per heavy atom. The molecule has 5 rings (SSSR count). The molecule has 1 amide bonds. The Morgan fingerprint density at radius 3 is 2.58 bits per heavy atom. The van der Waals surface area contributed by atoms with E-state index in [0.29, 0.717) is 40.5 Å². The van der Waals surface area contributed by atoms with Crippen LogP contribution in [0.1, 0.15) is 24.1 Å². The Morgan fingerprint density at radius 2 is 1.89 bits per heavy atom. The first-order chi connectivity index (χ1) is 18.4. The van der Waals surface area contributed by atoms with Gasteiger partial charge in [0.1, 0.15) is 11.5 Å². The summed E-state index contributed by atoms with van der Waals surface area (Å²) in [5, 5.41) is 11.6. The molecule has 194 valence electrons. The smallest absolute Gasteiger partial charge is 0.302 e. The summed E-state index contributed by atoms with van der Waals surface area (Å²) in [6, 6.07) is 10.4. The van der Waals surface area contributed by atoms with Crippen molar-refractivity contribution in [3.8, 4) is 17.2 Å². The van der Waals surface area contributed by atoms with Gasteiger partial charge in [0.2, 0.25) is 5.95 Å². The number of ketones is 1. The summed E-state index contributed by atoms with van der Waals surface area (Å²) in [5.74, 6) is -0.756. The number of fused-ring (bicyclic) bond motifs is 1. The van der Waals surface area contributed by atoms with Crippen molar-refractivity contribution in [1.82, 2.24) is 15.0 Å². The molecular formula is C27H23ClN4O6. The largest absolute Gasteiger partial charge is 0.507 e. The highest BCUT2D eigenvalue weighted by molar-refractivity contribution is 6.51. The summed E-state index contributed by atoms with van der Waals surface area (Å²) >= 11 is 6.40. The first-order valence-corrected chi connectivity index (χ1v) is 12.0. The maximum Gasteiger partial charge on any atom is 0.302 e. The normalized spacial score (nSPS) is 16.7. The van der Waals surface area contributed by atoms with Gasteiger partial charge in [0, 0.05) is 30.1 Å². The lowest BCUT2D eigenvalue weighted by Crippen LogP contribution is -2.30. The number of amides is 1.